The average Bonchev–Trinajstić information content (AvgIpc) is 2.86. The van der Waals surface area contributed by atoms with Crippen molar-refractivity contribution in [2.24, 2.45) is 0 Å². The van der Waals surface area contributed by atoms with Crippen LogP contribution in [0.1, 0.15) is 128 Å². The van der Waals surface area contributed by atoms with E-state index in [9.17, 15) is 9.59 Å². The van der Waals surface area contributed by atoms with Crippen LogP contribution in [0.4, 0.5) is 0 Å². The van der Waals surface area contributed by atoms with Crippen molar-refractivity contribution in [2.75, 3.05) is 26.4 Å². The summed E-state index contributed by atoms with van der Waals surface area (Å²) < 4.78 is 10.0. The van der Waals surface area contributed by atoms with Crippen molar-refractivity contribution in [3.8, 4) is 0 Å². The third-order valence-electron chi connectivity index (χ3n) is 6.01. The predicted molar refractivity (Wildman–Crippen MR) is 147 cm³/mol. The Morgan fingerprint density at radius 1 is 0.444 bits per heavy atom. The van der Waals surface area contributed by atoms with E-state index in [1.54, 1.807) is 0 Å². The van der Waals surface area contributed by atoms with E-state index in [0.717, 1.165) is 32.1 Å². The van der Waals surface area contributed by atoms with Crippen molar-refractivity contribution in [3.63, 3.8) is 0 Å². The van der Waals surface area contributed by atoms with E-state index in [4.69, 9.17) is 19.7 Å². The Kier molecular flexibility index (Phi) is 28.2. The number of aliphatic hydroxyl groups excluding tert-OH is 2. The predicted octanol–water partition coefficient (Wildman–Crippen LogP) is 6.97. The standard InChI is InChI=1S/C30H54O6/c31-25-23-29(33)35-27-21-19-17-15-13-11-9-7-5-3-1-2-4-6-8-10-12-14-16-18-20-22-28-36-30(34)24-26-32/h5,7,10,12,31-32H,1-4,6,8-9,11,13-28H2/b7-5-,12-10-. The summed E-state index contributed by atoms with van der Waals surface area (Å²) in [6.07, 6.45) is 30.8. The SMILES string of the molecule is O=C(CCO)OCCCCCC/C=C\CCCCCC/C=C\CCCCCCCCOC(=O)CCO. The van der Waals surface area contributed by atoms with Gasteiger partial charge in [0, 0.05) is 0 Å². The van der Waals surface area contributed by atoms with Gasteiger partial charge in [0.2, 0.25) is 0 Å². The van der Waals surface area contributed by atoms with Crippen molar-refractivity contribution < 1.29 is 29.3 Å². The molecular formula is C30H54O6. The lowest BCUT2D eigenvalue weighted by atomic mass is 10.1. The van der Waals surface area contributed by atoms with Crippen molar-refractivity contribution in [1.82, 2.24) is 0 Å². The third kappa shape index (κ3) is 28.6. The maximum atomic E-state index is 11.1. The normalized spacial score (nSPS) is 11.5. The van der Waals surface area contributed by atoms with Crippen LogP contribution in [0.15, 0.2) is 24.3 Å². The molecule has 0 fully saturated rings. The topological polar surface area (TPSA) is 93.1 Å². The molecule has 2 N–H and O–H groups in total. The van der Waals surface area contributed by atoms with E-state index in [2.05, 4.69) is 24.3 Å². The molecule has 0 saturated carbocycles. The summed E-state index contributed by atoms with van der Waals surface area (Å²) in [4.78, 5) is 22.2. The monoisotopic (exact) mass is 510 g/mol. The van der Waals surface area contributed by atoms with Crippen LogP contribution in [0, 0.1) is 0 Å². The van der Waals surface area contributed by atoms with Crippen LogP contribution >= 0.6 is 0 Å². The number of carbonyl (C=O) groups excluding carboxylic acids is 2. The van der Waals surface area contributed by atoms with E-state index in [-0.39, 0.29) is 38.0 Å². The van der Waals surface area contributed by atoms with E-state index in [1.165, 1.54) is 83.5 Å². The molecule has 210 valence electrons. The molecule has 0 amide bonds. The fourth-order valence-electron chi connectivity index (χ4n) is 3.84. The molecule has 0 spiro atoms. The lowest BCUT2D eigenvalue weighted by molar-refractivity contribution is -0.145. The van der Waals surface area contributed by atoms with Gasteiger partial charge >= 0.3 is 11.9 Å². The van der Waals surface area contributed by atoms with Gasteiger partial charge in [0.05, 0.1) is 39.3 Å². The number of hydrogen-bond donors (Lipinski definition) is 2. The number of allylic oxidation sites excluding steroid dienone is 4. The van der Waals surface area contributed by atoms with E-state index < -0.39 is 0 Å². The summed E-state index contributed by atoms with van der Waals surface area (Å²) >= 11 is 0. The summed E-state index contributed by atoms with van der Waals surface area (Å²) in [7, 11) is 0. The number of ether oxygens (including phenoxy) is 2. The first-order valence-electron chi connectivity index (χ1n) is 14.5. The van der Waals surface area contributed by atoms with Gasteiger partial charge in [-0.2, -0.15) is 0 Å². The Bertz CT molecular complexity index is 544. The Hall–Kier alpha value is -1.66. The van der Waals surface area contributed by atoms with Crippen molar-refractivity contribution in [1.29, 1.82) is 0 Å². The fraction of sp³-hybridized carbons (Fsp3) is 0.800. The second kappa shape index (κ2) is 29.6. The smallest absolute Gasteiger partial charge is 0.308 e. The second-order valence-corrected chi connectivity index (χ2v) is 9.44. The molecule has 0 heterocycles. The largest absolute Gasteiger partial charge is 0.466 e. The van der Waals surface area contributed by atoms with Gasteiger partial charge in [-0.05, 0) is 64.2 Å². The molecular weight excluding hydrogens is 456 g/mol. The summed E-state index contributed by atoms with van der Waals surface area (Å²) in [6.45, 7) is 0.689. The van der Waals surface area contributed by atoms with Gasteiger partial charge in [-0.1, -0.05) is 75.7 Å². The highest BCUT2D eigenvalue weighted by atomic mass is 16.5. The zero-order valence-corrected chi connectivity index (χ0v) is 22.8. The number of rotatable bonds is 27. The van der Waals surface area contributed by atoms with Crippen molar-refractivity contribution in [2.45, 2.75) is 128 Å². The second-order valence-electron chi connectivity index (χ2n) is 9.44. The van der Waals surface area contributed by atoms with Crippen LogP contribution in [0.3, 0.4) is 0 Å². The van der Waals surface area contributed by atoms with Crippen molar-refractivity contribution >= 4 is 11.9 Å². The quantitative estimate of drug-likeness (QED) is 0.0704. The molecule has 0 unspecified atom stereocenters. The minimum absolute atomic E-state index is 0.0997. The summed E-state index contributed by atoms with van der Waals surface area (Å²) in [5.41, 5.74) is 0. The molecule has 6 heteroatoms. The maximum absolute atomic E-state index is 11.1. The molecule has 0 bridgehead atoms. The first kappa shape index (κ1) is 34.3. The van der Waals surface area contributed by atoms with Gasteiger partial charge < -0.3 is 19.7 Å². The van der Waals surface area contributed by atoms with E-state index >= 15 is 0 Å². The highest BCUT2D eigenvalue weighted by molar-refractivity contribution is 5.69. The molecule has 0 radical (unpaired) electrons. The molecule has 0 aliphatic carbocycles. The Morgan fingerprint density at radius 3 is 1.03 bits per heavy atom. The maximum Gasteiger partial charge on any atom is 0.308 e. The van der Waals surface area contributed by atoms with E-state index in [1.807, 2.05) is 0 Å². The van der Waals surface area contributed by atoms with Crippen LogP contribution in [-0.2, 0) is 19.1 Å². The van der Waals surface area contributed by atoms with Gasteiger partial charge in [-0.25, -0.2) is 0 Å². The zero-order chi connectivity index (χ0) is 26.4. The van der Waals surface area contributed by atoms with Crippen LogP contribution in [-0.4, -0.2) is 48.6 Å². The first-order chi connectivity index (χ1) is 17.7. The summed E-state index contributed by atoms with van der Waals surface area (Å²) in [6, 6.07) is 0. The van der Waals surface area contributed by atoms with Crippen LogP contribution in [0.2, 0.25) is 0 Å². The first-order valence-corrected chi connectivity index (χ1v) is 14.5. The molecule has 6 nitrogen and oxygen atoms in total. The van der Waals surface area contributed by atoms with Gasteiger partial charge in [0.25, 0.3) is 0 Å². The van der Waals surface area contributed by atoms with Crippen molar-refractivity contribution in [3.05, 3.63) is 24.3 Å². The number of aliphatic hydroxyl groups is 2. The van der Waals surface area contributed by atoms with E-state index in [0.29, 0.717) is 13.2 Å². The fourth-order valence-corrected chi connectivity index (χ4v) is 3.84. The summed E-state index contributed by atoms with van der Waals surface area (Å²) in [5.74, 6) is -0.603. The number of unbranched alkanes of at least 4 members (excludes halogenated alkanes) is 15. The Morgan fingerprint density at radius 2 is 0.722 bits per heavy atom. The summed E-state index contributed by atoms with van der Waals surface area (Å²) in [5, 5.41) is 17.3. The van der Waals surface area contributed by atoms with Gasteiger partial charge in [0.1, 0.15) is 0 Å². The molecule has 0 atom stereocenters. The number of esters is 2. The Balaban J connectivity index is 3.21. The minimum atomic E-state index is -0.304. The molecule has 0 saturated heterocycles. The highest BCUT2D eigenvalue weighted by Gasteiger charge is 2.01. The molecule has 0 aliphatic rings. The molecule has 0 aromatic heterocycles. The van der Waals surface area contributed by atoms with Crippen LogP contribution in [0.5, 0.6) is 0 Å². The van der Waals surface area contributed by atoms with Gasteiger partial charge in [-0.15, -0.1) is 0 Å². The number of carbonyl (C=O) groups is 2. The molecule has 0 aliphatic heterocycles. The lowest BCUT2D eigenvalue weighted by Crippen LogP contribution is -2.07. The minimum Gasteiger partial charge on any atom is -0.466 e. The number of hydrogen-bond acceptors (Lipinski definition) is 6. The van der Waals surface area contributed by atoms with Gasteiger partial charge in [0.15, 0.2) is 0 Å². The van der Waals surface area contributed by atoms with Crippen LogP contribution < -0.4 is 0 Å². The van der Waals surface area contributed by atoms with Gasteiger partial charge in [-0.3, -0.25) is 9.59 Å². The van der Waals surface area contributed by atoms with Crippen LogP contribution in [0.25, 0.3) is 0 Å². The third-order valence-corrected chi connectivity index (χ3v) is 6.01. The highest BCUT2D eigenvalue weighted by Crippen LogP contribution is 2.10. The zero-order valence-electron chi connectivity index (χ0n) is 22.8. The average molecular weight is 511 g/mol. The molecule has 0 aromatic rings. The Labute approximate surface area is 220 Å². The molecule has 36 heavy (non-hydrogen) atoms. The molecule has 0 rings (SSSR count). The lowest BCUT2D eigenvalue weighted by Gasteiger charge is -2.03. The molecule has 0 aromatic carbocycles.